The molecular formula is C16H17N3O4S. The van der Waals surface area contributed by atoms with Crippen molar-refractivity contribution in [3.05, 3.63) is 58.3 Å². The van der Waals surface area contributed by atoms with Crippen LogP contribution < -0.4 is 10.5 Å². The van der Waals surface area contributed by atoms with E-state index in [1.807, 2.05) is 13.0 Å². The number of rotatable bonds is 4. The van der Waals surface area contributed by atoms with Crippen LogP contribution in [0.3, 0.4) is 0 Å². The second-order valence-electron chi connectivity index (χ2n) is 5.61. The summed E-state index contributed by atoms with van der Waals surface area (Å²) in [4.78, 5) is 15.8. The van der Waals surface area contributed by atoms with Crippen LogP contribution in [0, 0.1) is 6.92 Å². The van der Waals surface area contributed by atoms with Crippen molar-refractivity contribution in [3.63, 3.8) is 0 Å². The third-order valence-corrected chi connectivity index (χ3v) is 5.40. The van der Waals surface area contributed by atoms with Gasteiger partial charge in [0.25, 0.3) is 0 Å². The second-order valence-corrected chi connectivity index (χ2v) is 7.32. The van der Waals surface area contributed by atoms with Gasteiger partial charge in [0.2, 0.25) is 10.0 Å². The van der Waals surface area contributed by atoms with Crippen LogP contribution in [-0.2, 0) is 17.1 Å². The van der Waals surface area contributed by atoms with E-state index in [4.69, 9.17) is 4.42 Å². The minimum Gasteiger partial charge on any atom is -0.408 e. The molecule has 0 saturated carbocycles. The van der Waals surface area contributed by atoms with Gasteiger partial charge in [-0.1, -0.05) is 6.07 Å². The van der Waals surface area contributed by atoms with Gasteiger partial charge in [-0.05, 0) is 43.7 Å². The fraction of sp³-hybridized carbons (Fsp3) is 0.250. The van der Waals surface area contributed by atoms with Crippen molar-refractivity contribution in [3.8, 4) is 0 Å². The number of nitrogens with zero attached hydrogens (tertiary/aromatic N) is 2. The van der Waals surface area contributed by atoms with E-state index in [1.54, 1.807) is 19.2 Å². The van der Waals surface area contributed by atoms with Crippen molar-refractivity contribution in [2.24, 2.45) is 7.05 Å². The molecule has 2 aromatic heterocycles. The highest BCUT2D eigenvalue weighted by Crippen LogP contribution is 2.21. The summed E-state index contributed by atoms with van der Waals surface area (Å²) in [5.41, 5.74) is 2.33. The molecule has 0 unspecified atom stereocenters. The van der Waals surface area contributed by atoms with E-state index in [0.29, 0.717) is 16.8 Å². The quantitative estimate of drug-likeness (QED) is 0.777. The Hall–Kier alpha value is -2.45. The minimum atomic E-state index is -3.77. The molecule has 1 N–H and O–H groups in total. The van der Waals surface area contributed by atoms with Gasteiger partial charge in [0.1, 0.15) is 0 Å². The monoisotopic (exact) mass is 347 g/mol. The summed E-state index contributed by atoms with van der Waals surface area (Å²) >= 11 is 0. The molecule has 0 saturated heterocycles. The van der Waals surface area contributed by atoms with Crippen molar-refractivity contribution in [2.75, 3.05) is 0 Å². The smallest absolute Gasteiger partial charge is 0.408 e. The van der Waals surface area contributed by atoms with Crippen molar-refractivity contribution < 1.29 is 12.8 Å². The van der Waals surface area contributed by atoms with Gasteiger partial charge >= 0.3 is 5.76 Å². The molecule has 1 aromatic carbocycles. The zero-order valence-corrected chi connectivity index (χ0v) is 14.3. The van der Waals surface area contributed by atoms with Crippen LogP contribution in [0.5, 0.6) is 0 Å². The Bertz CT molecular complexity index is 1070. The van der Waals surface area contributed by atoms with Crippen molar-refractivity contribution in [1.29, 1.82) is 0 Å². The van der Waals surface area contributed by atoms with Crippen LogP contribution in [0.4, 0.5) is 0 Å². The van der Waals surface area contributed by atoms with Crippen LogP contribution in [0.1, 0.15) is 24.2 Å². The SMILES string of the molecule is Cc1cccnc1[C@@H](C)NS(=O)(=O)c1ccc2oc(=O)n(C)c2c1. The van der Waals surface area contributed by atoms with Gasteiger partial charge in [-0.15, -0.1) is 0 Å². The van der Waals surface area contributed by atoms with Crippen LogP contribution >= 0.6 is 0 Å². The first-order valence-electron chi connectivity index (χ1n) is 7.33. The van der Waals surface area contributed by atoms with Gasteiger partial charge in [0, 0.05) is 13.2 Å². The van der Waals surface area contributed by atoms with Crippen LogP contribution in [-0.4, -0.2) is 18.0 Å². The highest BCUT2D eigenvalue weighted by molar-refractivity contribution is 7.89. The summed E-state index contributed by atoms with van der Waals surface area (Å²) in [6, 6.07) is 7.49. The van der Waals surface area contributed by atoms with E-state index >= 15 is 0 Å². The van der Waals surface area contributed by atoms with Crippen molar-refractivity contribution >= 4 is 21.1 Å². The zero-order chi connectivity index (χ0) is 17.5. The van der Waals surface area contributed by atoms with Gasteiger partial charge in [0.15, 0.2) is 5.58 Å². The number of oxazole rings is 1. The number of pyridine rings is 1. The zero-order valence-electron chi connectivity index (χ0n) is 13.5. The average Bonchev–Trinajstić information content (AvgIpc) is 2.81. The lowest BCUT2D eigenvalue weighted by Crippen LogP contribution is -2.28. The van der Waals surface area contributed by atoms with E-state index in [2.05, 4.69) is 9.71 Å². The molecule has 0 aliphatic rings. The maximum Gasteiger partial charge on any atom is 0.419 e. The standard InChI is InChI=1S/C16H17N3O4S/c1-10-5-4-8-17-15(10)11(2)18-24(21,22)12-6-7-14-13(9-12)19(3)16(20)23-14/h4-9,11,18H,1-3H3/t11-/m1/s1. The number of fused-ring (bicyclic) bond motifs is 1. The topological polar surface area (TPSA) is 94.2 Å². The predicted octanol–water partition coefficient (Wildman–Crippen LogP) is 1.87. The Balaban J connectivity index is 1.97. The first-order valence-corrected chi connectivity index (χ1v) is 8.81. The van der Waals surface area contributed by atoms with E-state index in [0.717, 1.165) is 5.56 Å². The summed E-state index contributed by atoms with van der Waals surface area (Å²) in [5.74, 6) is -0.537. The van der Waals surface area contributed by atoms with Gasteiger partial charge in [0.05, 0.1) is 22.1 Å². The molecule has 0 bridgehead atoms. The maximum atomic E-state index is 12.6. The Morgan fingerprint density at radius 3 is 2.75 bits per heavy atom. The van der Waals surface area contributed by atoms with Gasteiger partial charge < -0.3 is 4.42 Å². The van der Waals surface area contributed by atoms with Crippen LogP contribution in [0.2, 0.25) is 0 Å². The third kappa shape index (κ3) is 2.85. The van der Waals surface area contributed by atoms with E-state index in [-0.39, 0.29) is 4.90 Å². The van der Waals surface area contributed by atoms with Crippen LogP contribution in [0.25, 0.3) is 11.1 Å². The van der Waals surface area contributed by atoms with E-state index in [9.17, 15) is 13.2 Å². The lowest BCUT2D eigenvalue weighted by Gasteiger charge is -2.15. The molecule has 0 aliphatic heterocycles. The third-order valence-electron chi connectivity index (χ3n) is 3.87. The average molecular weight is 347 g/mol. The number of benzene rings is 1. The summed E-state index contributed by atoms with van der Waals surface area (Å²) in [6.07, 6.45) is 1.63. The molecule has 7 nitrogen and oxygen atoms in total. The van der Waals surface area contributed by atoms with Gasteiger partial charge in [-0.3, -0.25) is 9.55 Å². The Morgan fingerprint density at radius 1 is 1.29 bits per heavy atom. The lowest BCUT2D eigenvalue weighted by molar-refractivity contribution is 0.528. The minimum absolute atomic E-state index is 0.0619. The van der Waals surface area contributed by atoms with Gasteiger partial charge in [-0.2, -0.15) is 0 Å². The molecule has 24 heavy (non-hydrogen) atoms. The van der Waals surface area contributed by atoms with Crippen molar-refractivity contribution in [1.82, 2.24) is 14.3 Å². The van der Waals surface area contributed by atoms with Gasteiger partial charge in [-0.25, -0.2) is 17.9 Å². The highest BCUT2D eigenvalue weighted by Gasteiger charge is 2.21. The second kappa shape index (κ2) is 5.88. The predicted molar refractivity (Wildman–Crippen MR) is 89.2 cm³/mol. The number of hydrogen-bond acceptors (Lipinski definition) is 5. The molecular weight excluding hydrogens is 330 g/mol. The molecule has 2 heterocycles. The van der Waals surface area contributed by atoms with E-state index in [1.165, 1.54) is 29.8 Å². The summed E-state index contributed by atoms with van der Waals surface area (Å²) < 4.78 is 34.2. The fourth-order valence-corrected chi connectivity index (χ4v) is 3.81. The molecule has 126 valence electrons. The molecule has 0 amide bonds. The number of aryl methyl sites for hydroxylation is 2. The summed E-state index contributed by atoms with van der Waals surface area (Å²) in [6.45, 7) is 3.61. The van der Waals surface area contributed by atoms with Crippen LogP contribution in [0.15, 0.2) is 50.6 Å². The highest BCUT2D eigenvalue weighted by atomic mass is 32.2. The maximum absolute atomic E-state index is 12.6. The Labute approximate surface area is 139 Å². The Morgan fingerprint density at radius 2 is 2.04 bits per heavy atom. The summed E-state index contributed by atoms with van der Waals surface area (Å²) in [5, 5.41) is 0. The molecule has 0 radical (unpaired) electrons. The number of sulfonamides is 1. The molecule has 3 rings (SSSR count). The molecule has 0 fully saturated rings. The molecule has 0 aliphatic carbocycles. The Kier molecular flexibility index (Phi) is 4.02. The largest absolute Gasteiger partial charge is 0.419 e. The lowest BCUT2D eigenvalue weighted by atomic mass is 10.1. The molecule has 3 aromatic rings. The summed E-state index contributed by atoms with van der Waals surface area (Å²) in [7, 11) is -2.24. The van der Waals surface area contributed by atoms with E-state index < -0.39 is 21.8 Å². The first-order chi connectivity index (χ1) is 11.3. The normalized spacial score (nSPS) is 13.3. The first kappa shape index (κ1) is 16.4. The van der Waals surface area contributed by atoms with Crippen molar-refractivity contribution in [2.45, 2.75) is 24.8 Å². The fourth-order valence-electron chi connectivity index (χ4n) is 2.58. The number of hydrogen-bond donors (Lipinski definition) is 1. The molecule has 1 atom stereocenters. The molecule has 0 spiro atoms. The number of aromatic nitrogens is 2. The molecule has 8 heteroatoms. The number of nitrogens with one attached hydrogen (secondary N) is 1.